The van der Waals surface area contributed by atoms with Crippen LogP contribution in [0.5, 0.6) is 0 Å². The molecule has 1 N–H and O–H groups in total. The molecule has 0 heterocycles. The van der Waals surface area contributed by atoms with Crippen molar-refractivity contribution in [2.24, 2.45) is 0 Å². The molecule has 0 saturated carbocycles. The molecule has 0 aromatic heterocycles. The number of nitrogens with one attached hydrogen (secondary N) is 1. The van der Waals surface area contributed by atoms with Gasteiger partial charge in [0, 0.05) is 10.0 Å². The number of carbonyl (C=O) groups is 2. The largest absolute Gasteiger partial charge is 0.328 e. The maximum Gasteiger partial charge on any atom is 0.211 e. The maximum atomic E-state index is 11.2. The lowest BCUT2D eigenvalue weighted by Crippen LogP contribution is -2.05. The van der Waals surface area contributed by atoms with Crippen LogP contribution in [0.2, 0.25) is 0 Å². The third-order valence-corrected chi connectivity index (χ3v) is 2.84. The van der Waals surface area contributed by atoms with Crippen molar-refractivity contribution < 1.29 is 9.59 Å². The minimum Gasteiger partial charge on any atom is -0.328 e. The highest BCUT2D eigenvalue weighted by molar-refractivity contribution is 9.10. The predicted octanol–water partition coefficient (Wildman–Crippen LogP) is 2.53. The molecule has 3 nitrogen and oxygen atoms in total. The Balaban J connectivity index is 3.36. The van der Waals surface area contributed by atoms with E-state index in [1.807, 2.05) is 6.92 Å². The molecule has 0 spiro atoms. The zero-order chi connectivity index (χ0) is 10.7. The van der Waals surface area contributed by atoms with Gasteiger partial charge in [-0.1, -0.05) is 15.9 Å². The molecule has 0 bridgehead atoms. The van der Waals surface area contributed by atoms with Crippen LogP contribution in [-0.2, 0) is 4.79 Å². The minimum atomic E-state index is -0.0649. The van der Waals surface area contributed by atoms with E-state index in [1.165, 1.54) is 6.92 Å². The number of halogens is 1. The number of carbonyl (C=O) groups excluding carboxylic acids is 2. The summed E-state index contributed by atoms with van der Waals surface area (Å²) in [6.07, 6.45) is 0.571. The van der Waals surface area contributed by atoms with E-state index in [0.717, 1.165) is 10.0 Å². The zero-order valence-corrected chi connectivity index (χ0v) is 9.51. The zero-order valence-electron chi connectivity index (χ0n) is 7.93. The molecule has 1 rings (SSSR count). The number of ketones is 1. The fourth-order valence-electron chi connectivity index (χ4n) is 1.22. The van der Waals surface area contributed by atoms with Gasteiger partial charge < -0.3 is 5.32 Å². The van der Waals surface area contributed by atoms with Crippen LogP contribution in [0, 0.1) is 6.92 Å². The predicted molar refractivity (Wildman–Crippen MR) is 58.6 cm³/mol. The molecule has 0 aliphatic carbocycles. The van der Waals surface area contributed by atoms with E-state index in [-0.39, 0.29) is 5.78 Å². The fraction of sp³-hybridized carbons (Fsp3) is 0.200. The van der Waals surface area contributed by atoms with Crippen LogP contribution in [-0.4, -0.2) is 12.2 Å². The van der Waals surface area contributed by atoms with Crippen LogP contribution in [0.4, 0.5) is 5.69 Å². The van der Waals surface area contributed by atoms with Crippen LogP contribution >= 0.6 is 15.9 Å². The van der Waals surface area contributed by atoms with Gasteiger partial charge >= 0.3 is 0 Å². The third kappa shape index (κ3) is 2.01. The van der Waals surface area contributed by atoms with Gasteiger partial charge in [0.2, 0.25) is 6.41 Å². The molecule has 14 heavy (non-hydrogen) atoms. The van der Waals surface area contributed by atoms with Gasteiger partial charge in [0.25, 0.3) is 0 Å². The normalized spacial score (nSPS) is 9.64. The molecular formula is C10H10BrNO2. The summed E-state index contributed by atoms with van der Waals surface area (Å²) >= 11 is 3.33. The van der Waals surface area contributed by atoms with Gasteiger partial charge in [-0.15, -0.1) is 0 Å². The van der Waals surface area contributed by atoms with E-state index in [4.69, 9.17) is 0 Å². The molecule has 1 aromatic carbocycles. The van der Waals surface area contributed by atoms with Crippen molar-refractivity contribution in [3.63, 3.8) is 0 Å². The van der Waals surface area contributed by atoms with Crippen LogP contribution in [0.3, 0.4) is 0 Å². The Morgan fingerprint density at radius 2 is 2.14 bits per heavy atom. The first-order chi connectivity index (χ1) is 6.57. The van der Waals surface area contributed by atoms with Crippen molar-refractivity contribution in [1.29, 1.82) is 0 Å². The van der Waals surface area contributed by atoms with Crippen LogP contribution in [0.1, 0.15) is 22.8 Å². The fourth-order valence-corrected chi connectivity index (χ4v) is 1.55. The molecule has 74 valence electrons. The lowest BCUT2D eigenvalue weighted by molar-refractivity contribution is -0.105. The molecule has 1 aromatic rings. The van der Waals surface area contributed by atoms with Crippen molar-refractivity contribution in [2.75, 3.05) is 5.32 Å². The van der Waals surface area contributed by atoms with Crippen LogP contribution < -0.4 is 5.32 Å². The van der Waals surface area contributed by atoms with Crippen LogP contribution in [0.15, 0.2) is 16.6 Å². The summed E-state index contributed by atoms with van der Waals surface area (Å²) in [5.41, 5.74) is 1.95. The molecule has 0 radical (unpaired) electrons. The quantitative estimate of drug-likeness (QED) is 0.667. The smallest absolute Gasteiger partial charge is 0.211 e. The second-order valence-electron chi connectivity index (χ2n) is 2.91. The summed E-state index contributed by atoms with van der Waals surface area (Å²) in [6.45, 7) is 3.31. The minimum absolute atomic E-state index is 0.0649. The van der Waals surface area contributed by atoms with Gasteiger partial charge in [-0.05, 0) is 31.5 Å². The van der Waals surface area contributed by atoms with Gasteiger partial charge in [0.15, 0.2) is 5.78 Å². The first-order valence-electron chi connectivity index (χ1n) is 4.08. The van der Waals surface area contributed by atoms with Crippen molar-refractivity contribution in [3.05, 3.63) is 27.7 Å². The van der Waals surface area contributed by atoms with Crippen molar-refractivity contribution in [1.82, 2.24) is 0 Å². The molecule has 0 aliphatic heterocycles. The number of amides is 1. The average Bonchev–Trinajstić information content (AvgIpc) is 2.13. The number of Topliss-reactive ketones (excluding diaryl/α,β-unsaturated/α-hetero) is 1. The summed E-state index contributed by atoms with van der Waals surface area (Å²) < 4.78 is 0.867. The molecule has 0 unspecified atom stereocenters. The number of benzene rings is 1. The first-order valence-corrected chi connectivity index (χ1v) is 4.87. The molecular weight excluding hydrogens is 246 g/mol. The SMILES string of the molecule is CC(=O)c1ccc(Br)c(C)c1NC=O. The summed E-state index contributed by atoms with van der Waals surface area (Å²) in [6, 6.07) is 3.48. The van der Waals surface area contributed by atoms with Crippen molar-refractivity contribution in [3.8, 4) is 0 Å². The second-order valence-corrected chi connectivity index (χ2v) is 3.77. The number of hydrogen-bond donors (Lipinski definition) is 1. The highest BCUT2D eigenvalue weighted by Gasteiger charge is 2.11. The Hall–Kier alpha value is -1.16. The third-order valence-electron chi connectivity index (χ3n) is 1.98. The van der Waals surface area contributed by atoms with Crippen molar-refractivity contribution in [2.45, 2.75) is 13.8 Å². The standard InChI is InChI=1S/C10H10BrNO2/c1-6-9(11)4-3-8(7(2)14)10(6)12-5-13/h3-5H,1-2H3,(H,12,13). The number of anilines is 1. The Kier molecular flexibility index (Phi) is 3.41. The van der Waals surface area contributed by atoms with Gasteiger partial charge in [-0.3, -0.25) is 9.59 Å². The second kappa shape index (κ2) is 4.37. The molecule has 0 fully saturated rings. The van der Waals surface area contributed by atoms with E-state index in [0.29, 0.717) is 17.7 Å². The van der Waals surface area contributed by atoms with E-state index < -0.39 is 0 Å². The molecule has 1 amide bonds. The van der Waals surface area contributed by atoms with Gasteiger partial charge in [0.1, 0.15) is 0 Å². The highest BCUT2D eigenvalue weighted by Crippen LogP contribution is 2.27. The van der Waals surface area contributed by atoms with Gasteiger partial charge in [0.05, 0.1) is 5.69 Å². The molecule has 4 heteroatoms. The number of rotatable bonds is 3. The van der Waals surface area contributed by atoms with Crippen molar-refractivity contribution >= 4 is 33.8 Å². The average molecular weight is 256 g/mol. The number of hydrogen-bond acceptors (Lipinski definition) is 2. The molecule has 0 aliphatic rings. The lowest BCUT2D eigenvalue weighted by Gasteiger charge is -2.10. The monoisotopic (exact) mass is 255 g/mol. The Labute approximate surface area is 90.6 Å². The Morgan fingerprint density at radius 1 is 1.50 bits per heavy atom. The van der Waals surface area contributed by atoms with E-state index in [2.05, 4.69) is 21.2 Å². The summed E-state index contributed by atoms with van der Waals surface area (Å²) in [4.78, 5) is 21.6. The van der Waals surface area contributed by atoms with Crippen LogP contribution in [0.25, 0.3) is 0 Å². The first kappa shape index (κ1) is 10.9. The molecule has 0 atom stereocenters. The molecule has 0 saturated heterocycles. The summed E-state index contributed by atoms with van der Waals surface area (Å²) in [7, 11) is 0. The topological polar surface area (TPSA) is 46.2 Å². The van der Waals surface area contributed by atoms with E-state index in [9.17, 15) is 9.59 Å². The summed E-state index contributed by atoms with van der Waals surface area (Å²) in [5.74, 6) is -0.0649. The summed E-state index contributed by atoms with van der Waals surface area (Å²) in [5, 5.41) is 2.54. The van der Waals surface area contributed by atoms with E-state index >= 15 is 0 Å². The lowest BCUT2D eigenvalue weighted by atomic mass is 10.1. The van der Waals surface area contributed by atoms with Gasteiger partial charge in [-0.25, -0.2) is 0 Å². The van der Waals surface area contributed by atoms with E-state index in [1.54, 1.807) is 12.1 Å². The highest BCUT2D eigenvalue weighted by atomic mass is 79.9. The maximum absolute atomic E-state index is 11.2. The van der Waals surface area contributed by atoms with Gasteiger partial charge in [-0.2, -0.15) is 0 Å². The Morgan fingerprint density at radius 3 is 2.64 bits per heavy atom. The Bertz CT molecular complexity index is 388.